The van der Waals surface area contributed by atoms with Gasteiger partial charge in [0.15, 0.2) is 12.6 Å². The van der Waals surface area contributed by atoms with Gasteiger partial charge in [0.05, 0.1) is 13.2 Å². The lowest BCUT2D eigenvalue weighted by Gasteiger charge is -2.22. The molecular weight excluding hydrogens is 548 g/mol. The van der Waals surface area contributed by atoms with Crippen molar-refractivity contribution in [2.24, 2.45) is 0 Å². The molecule has 2 rings (SSSR count). The van der Waals surface area contributed by atoms with Gasteiger partial charge in [0.25, 0.3) is 0 Å². The molecule has 2 unspecified atom stereocenters. The van der Waals surface area contributed by atoms with Gasteiger partial charge in [-0.25, -0.2) is 8.78 Å². The summed E-state index contributed by atoms with van der Waals surface area (Å²) in [5.41, 5.74) is 2.90. The molecule has 0 spiro atoms. The van der Waals surface area contributed by atoms with E-state index in [1.54, 1.807) is 19.1 Å². The third-order valence-corrected chi connectivity index (χ3v) is 5.69. The maximum Gasteiger partial charge on any atom is 0.494 e. The van der Waals surface area contributed by atoms with Crippen LogP contribution in [0.15, 0.2) is 36.4 Å². The third-order valence-electron chi connectivity index (χ3n) is 5.69. The summed E-state index contributed by atoms with van der Waals surface area (Å²) in [5.74, 6) is -0.637. The summed E-state index contributed by atoms with van der Waals surface area (Å²) in [7, 11) is 1.97. The predicted octanol–water partition coefficient (Wildman–Crippen LogP) is 4.98. The fourth-order valence-electron chi connectivity index (χ4n) is 3.86. The smallest absolute Gasteiger partial charge is 0.410 e. The van der Waals surface area contributed by atoms with Gasteiger partial charge in [-0.15, -0.1) is 0 Å². The zero-order valence-electron chi connectivity index (χ0n) is 26.8. The Morgan fingerprint density at radius 2 is 0.976 bits per heavy atom. The van der Waals surface area contributed by atoms with Crippen LogP contribution in [0.4, 0.5) is 8.78 Å². The van der Waals surface area contributed by atoms with Crippen LogP contribution < -0.4 is 10.9 Å². The summed E-state index contributed by atoms with van der Waals surface area (Å²) in [6.45, 7) is 16.7. The molecule has 0 fully saturated rings. The van der Waals surface area contributed by atoms with Crippen LogP contribution >= 0.6 is 0 Å². The normalized spacial score (nSPS) is 12.7. The molecule has 0 aliphatic carbocycles. The van der Waals surface area contributed by atoms with Crippen molar-refractivity contribution in [2.75, 3.05) is 27.4 Å². The Morgan fingerprint density at radius 3 is 1.31 bits per heavy atom. The lowest BCUT2D eigenvalue weighted by molar-refractivity contribution is -0.134. The first-order valence-electron chi connectivity index (χ1n) is 14.3. The van der Waals surface area contributed by atoms with Gasteiger partial charge in [-0.2, -0.15) is 0 Å². The highest BCUT2D eigenvalue weighted by Gasteiger charge is 2.27. The maximum absolute atomic E-state index is 13.6. The van der Waals surface area contributed by atoms with Crippen LogP contribution in [-0.4, -0.2) is 66.5 Å². The number of ether oxygens (including phenoxy) is 4. The van der Waals surface area contributed by atoms with Crippen molar-refractivity contribution in [1.29, 1.82) is 0 Å². The Bertz CT molecular complexity index is 1000. The largest absolute Gasteiger partial charge is 0.494 e. The molecule has 12 heteroatoms. The van der Waals surface area contributed by atoms with Crippen LogP contribution in [0, 0.1) is 11.6 Å². The van der Waals surface area contributed by atoms with Crippen LogP contribution in [0.25, 0.3) is 0 Å². The molecular formula is C30H48B2F2O8. The topological polar surface area (TPSA) is 73.8 Å². The molecule has 8 nitrogen and oxygen atoms in total. The minimum absolute atomic E-state index is 0.0140. The Kier molecular flexibility index (Phi) is 19.0. The maximum atomic E-state index is 13.6. The molecule has 236 valence electrons. The first kappa shape index (κ1) is 38.1. The molecule has 0 N–H and O–H groups in total. The average Bonchev–Trinajstić information content (AvgIpc) is 2.92. The van der Waals surface area contributed by atoms with E-state index < -0.39 is 14.2 Å². The summed E-state index contributed by atoms with van der Waals surface area (Å²) >= 11 is 0. The summed E-state index contributed by atoms with van der Waals surface area (Å²) in [5, 5.41) is 0. The summed E-state index contributed by atoms with van der Waals surface area (Å²) in [6.07, 6.45) is -0.726. The van der Waals surface area contributed by atoms with Crippen molar-refractivity contribution in [3.8, 4) is 0 Å². The lowest BCUT2D eigenvalue weighted by atomic mass is 9.75. The summed E-state index contributed by atoms with van der Waals surface area (Å²) < 4.78 is 70.8. The van der Waals surface area contributed by atoms with Crippen LogP contribution in [0.2, 0.25) is 0 Å². The molecule has 0 bridgehead atoms. The monoisotopic (exact) mass is 596 g/mol. The second-order valence-corrected chi connectivity index (χ2v) is 9.86. The van der Waals surface area contributed by atoms with Crippen molar-refractivity contribution in [3.05, 3.63) is 59.2 Å². The van der Waals surface area contributed by atoms with Crippen LogP contribution in [0.3, 0.4) is 0 Å². The highest BCUT2D eigenvalue weighted by Crippen LogP contribution is 2.11. The molecule has 0 amide bonds. The molecule has 0 radical (unpaired) electrons. The molecule has 0 aliphatic heterocycles. The fraction of sp³-hybridized carbons (Fsp3) is 0.600. The van der Waals surface area contributed by atoms with Gasteiger partial charge in [0, 0.05) is 39.6 Å². The quantitative estimate of drug-likeness (QED) is 0.176. The Hall–Kier alpha value is -1.89. The molecule has 0 heterocycles. The van der Waals surface area contributed by atoms with Gasteiger partial charge in [-0.05, 0) is 102 Å². The van der Waals surface area contributed by atoms with Gasteiger partial charge in [0.1, 0.15) is 11.6 Å². The predicted molar refractivity (Wildman–Crippen MR) is 162 cm³/mol. The van der Waals surface area contributed by atoms with Crippen molar-refractivity contribution in [1.82, 2.24) is 0 Å². The Labute approximate surface area is 251 Å². The van der Waals surface area contributed by atoms with Gasteiger partial charge < -0.3 is 37.6 Å². The van der Waals surface area contributed by atoms with E-state index in [-0.39, 0.29) is 49.6 Å². The van der Waals surface area contributed by atoms with Crippen molar-refractivity contribution >= 4 is 25.2 Å². The third kappa shape index (κ3) is 14.5. The van der Waals surface area contributed by atoms with E-state index in [9.17, 15) is 8.78 Å². The van der Waals surface area contributed by atoms with Gasteiger partial charge in [-0.3, -0.25) is 0 Å². The number of benzene rings is 2. The molecule has 2 aromatic rings. The molecule has 0 saturated heterocycles. The molecule has 0 aliphatic rings. The van der Waals surface area contributed by atoms with E-state index >= 15 is 0 Å². The average molecular weight is 596 g/mol. The zero-order valence-corrected chi connectivity index (χ0v) is 26.8. The number of halogens is 2. The second kappa shape index (κ2) is 20.9. The molecule has 0 saturated carbocycles. The van der Waals surface area contributed by atoms with Crippen LogP contribution in [0.1, 0.15) is 66.5 Å². The molecule has 2 atom stereocenters. The lowest BCUT2D eigenvalue weighted by Crippen LogP contribution is -2.43. The molecule has 0 aromatic heterocycles. The minimum atomic E-state index is -0.559. The summed E-state index contributed by atoms with van der Waals surface area (Å²) in [4.78, 5) is 0. The van der Waals surface area contributed by atoms with E-state index in [0.717, 1.165) is 10.9 Å². The standard InChI is InChI=1S/C17H28BFO4.C13H20BFO4/c1-7-20-14(6)21-11-15-10-16(19)8-9-17(15)18(22-12(2)3)23-13(4)5;1-5-18-10(2)19-9-11-8-12(15)6-7-13(11)14(16-3)17-4/h8-10,12-14H,7,11H2,1-6H3;6-8,10H,5,9H2,1-4H3. The number of rotatable bonds is 18. The Morgan fingerprint density at radius 1 is 0.595 bits per heavy atom. The van der Waals surface area contributed by atoms with E-state index in [2.05, 4.69) is 0 Å². The molecule has 2 aromatic carbocycles. The number of hydrogen-bond donors (Lipinski definition) is 0. The van der Waals surface area contributed by atoms with Crippen molar-refractivity contribution in [2.45, 2.75) is 93.4 Å². The van der Waals surface area contributed by atoms with Gasteiger partial charge in [0.2, 0.25) is 0 Å². The first-order chi connectivity index (χ1) is 19.9. The fourth-order valence-corrected chi connectivity index (χ4v) is 3.86. The van der Waals surface area contributed by atoms with E-state index in [4.69, 9.17) is 37.6 Å². The number of hydrogen-bond acceptors (Lipinski definition) is 8. The first-order valence-corrected chi connectivity index (χ1v) is 14.3. The van der Waals surface area contributed by atoms with Gasteiger partial charge in [-0.1, -0.05) is 12.1 Å². The van der Waals surface area contributed by atoms with Crippen LogP contribution in [-0.2, 0) is 50.8 Å². The van der Waals surface area contributed by atoms with E-state index in [1.807, 2.05) is 48.5 Å². The molecule has 42 heavy (non-hydrogen) atoms. The second-order valence-electron chi connectivity index (χ2n) is 9.86. The zero-order chi connectivity index (χ0) is 31.7. The minimum Gasteiger partial charge on any atom is -0.410 e. The van der Waals surface area contributed by atoms with Crippen molar-refractivity contribution < 1.29 is 46.3 Å². The van der Waals surface area contributed by atoms with Gasteiger partial charge >= 0.3 is 14.2 Å². The Balaban J connectivity index is 0.000000428. The highest BCUT2D eigenvalue weighted by atomic mass is 19.1. The van der Waals surface area contributed by atoms with E-state index in [0.29, 0.717) is 24.3 Å². The van der Waals surface area contributed by atoms with Crippen molar-refractivity contribution in [3.63, 3.8) is 0 Å². The van der Waals surface area contributed by atoms with E-state index in [1.165, 1.54) is 38.5 Å². The highest BCUT2D eigenvalue weighted by molar-refractivity contribution is 6.62. The SMILES string of the molecule is CCOC(C)OCc1cc(F)ccc1B(OC(C)C)OC(C)C.CCOC(C)OCc1cc(F)ccc1B(OC)OC. The van der Waals surface area contributed by atoms with Crippen LogP contribution in [0.5, 0.6) is 0 Å². The summed E-state index contributed by atoms with van der Waals surface area (Å²) in [6, 6.07) is 8.97.